The standard InChI is InChI=1S/C29H28N4O6/c1-16-31-23-9-6-18-5-4-17(12-22(18)26(23)27(35)32-16)14-30-20-7-8-21-19(13-20)15-33(28(21)36)24(29(37)39-3)10-11-25(34)38-2/h4-9,12-13,15,24,30,36H,10-11,14H2,1-3H3,(H,31,32,35). The zero-order valence-electron chi connectivity index (χ0n) is 21.8. The minimum Gasteiger partial charge on any atom is -0.494 e. The minimum atomic E-state index is -0.883. The fourth-order valence-electron chi connectivity index (χ4n) is 4.87. The van der Waals surface area contributed by atoms with E-state index in [1.54, 1.807) is 19.2 Å². The van der Waals surface area contributed by atoms with E-state index in [9.17, 15) is 19.5 Å². The molecule has 0 saturated heterocycles. The number of aromatic nitrogens is 3. The van der Waals surface area contributed by atoms with Gasteiger partial charge in [-0.2, -0.15) is 0 Å². The summed E-state index contributed by atoms with van der Waals surface area (Å²) in [5.74, 6) is -0.543. The fraction of sp³-hybridized carbons (Fsp3) is 0.241. The molecule has 5 aromatic rings. The number of benzene rings is 3. The van der Waals surface area contributed by atoms with Crippen molar-refractivity contribution >= 4 is 50.1 Å². The van der Waals surface area contributed by atoms with Gasteiger partial charge in [-0.05, 0) is 60.0 Å². The number of ether oxygens (including phenoxy) is 2. The van der Waals surface area contributed by atoms with E-state index >= 15 is 0 Å². The molecule has 0 bridgehead atoms. The van der Waals surface area contributed by atoms with E-state index in [1.807, 2.05) is 42.5 Å². The van der Waals surface area contributed by atoms with Crippen LogP contribution in [0.5, 0.6) is 5.88 Å². The molecular formula is C29H28N4O6. The molecule has 3 aromatic carbocycles. The molecule has 0 fully saturated rings. The third-order valence-electron chi connectivity index (χ3n) is 6.84. The lowest BCUT2D eigenvalue weighted by Crippen LogP contribution is -2.21. The second kappa shape index (κ2) is 10.5. The third-order valence-corrected chi connectivity index (χ3v) is 6.84. The highest BCUT2D eigenvalue weighted by atomic mass is 16.5. The van der Waals surface area contributed by atoms with E-state index in [-0.39, 0.29) is 24.3 Å². The predicted molar refractivity (Wildman–Crippen MR) is 148 cm³/mol. The van der Waals surface area contributed by atoms with Gasteiger partial charge in [-0.3, -0.25) is 9.59 Å². The molecule has 10 heteroatoms. The lowest BCUT2D eigenvalue weighted by molar-refractivity contribution is -0.146. The molecule has 5 rings (SSSR count). The highest BCUT2D eigenvalue weighted by Gasteiger charge is 2.26. The summed E-state index contributed by atoms with van der Waals surface area (Å²) in [5.41, 5.74) is 2.27. The molecule has 10 nitrogen and oxygen atoms in total. The van der Waals surface area contributed by atoms with Crippen molar-refractivity contribution in [1.82, 2.24) is 14.5 Å². The first-order valence-corrected chi connectivity index (χ1v) is 12.4. The molecule has 0 radical (unpaired) electrons. The van der Waals surface area contributed by atoms with Gasteiger partial charge in [0.25, 0.3) is 5.56 Å². The van der Waals surface area contributed by atoms with Gasteiger partial charge < -0.3 is 29.4 Å². The van der Waals surface area contributed by atoms with Gasteiger partial charge in [0.15, 0.2) is 5.88 Å². The Morgan fingerprint density at radius 1 is 1.05 bits per heavy atom. The molecule has 2 heterocycles. The molecule has 0 amide bonds. The van der Waals surface area contributed by atoms with Crippen LogP contribution in [0.4, 0.5) is 5.69 Å². The highest BCUT2D eigenvalue weighted by molar-refractivity contribution is 6.05. The van der Waals surface area contributed by atoms with Crippen LogP contribution < -0.4 is 10.9 Å². The summed E-state index contributed by atoms with van der Waals surface area (Å²) >= 11 is 0. The van der Waals surface area contributed by atoms with Crippen molar-refractivity contribution in [1.29, 1.82) is 0 Å². The SMILES string of the molecule is COC(=O)CCC(C(=O)OC)n1cc2cc(NCc3ccc4ccc5nc(C)[nH]c(=O)c5c4c3)ccc2c1O. The lowest BCUT2D eigenvalue weighted by atomic mass is 10.0. The molecule has 0 aliphatic rings. The van der Waals surface area contributed by atoms with E-state index in [4.69, 9.17) is 4.74 Å². The maximum absolute atomic E-state index is 12.7. The Labute approximate surface area is 223 Å². The monoisotopic (exact) mass is 528 g/mol. The zero-order valence-corrected chi connectivity index (χ0v) is 21.8. The second-order valence-electron chi connectivity index (χ2n) is 9.34. The fourth-order valence-corrected chi connectivity index (χ4v) is 4.87. The smallest absolute Gasteiger partial charge is 0.328 e. The van der Waals surface area contributed by atoms with Crippen molar-refractivity contribution in [3.63, 3.8) is 0 Å². The topological polar surface area (TPSA) is 136 Å². The highest BCUT2D eigenvalue weighted by Crippen LogP contribution is 2.34. The second-order valence-corrected chi connectivity index (χ2v) is 9.34. The lowest BCUT2D eigenvalue weighted by Gasteiger charge is -2.16. The van der Waals surface area contributed by atoms with Crippen LogP contribution in [-0.4, -0.2) is 45.8 Å². The molecule has 0 aliphatic heterocycles. The number of aromatic amines is 1. The molecule has 0 spiro atoms. The number of aryl methyl sites for hydroxylation is 1. The van der Waals surface area contributed by atoms with Gasteiger partial charge in [-0.1, -0.05) is 18.2 Å². The largest absolute Gasteiger partial charge is 0.494 e. The first-order valence-electron chi connectivity index (χ1n) is 12.4. The summed E-state index contributed by atoms with van der Waals surface area (Å²) < 4.78 is 11.0. The van der Waals surface area contributed by atoms with Gasteiger partial charge in [-0.15, -0.1) is 0 Å². The average Bonchev–Trinajstić information content (AvgIpc) is 3.26. The molecule has 200 valence electrons. The predicted octanol–water partition coefficient (Wildman–Crippen LogP) is 4.32. The zero-order chi connectivity index (χ0) is 27.7. The number of hydrogen-bond acceptors (Lipinski definition) is 8. The summed E-state index contributed by atoms with van der Waals surface area (Å²) in [5, 5.41) is 17.8. The number of nitrogens with one attached hydrogen (secondary N) is 2. The molecule has 3 N–H and O–H groups in total. The quantitative estimate of drug-likeness (QED) is 0.200. The first-order chi connectivity index (χ1) is 18.8. The molecule has 2 aromatic heterocycles. The van der Waals surface area contributed by atoms with Crippen LogP contribution in [0.2, 0.25) is 0 Å². The van der Waals surface area contributed by atoms with E-state index in [1.165, 1.54) is 18.8 Å². The number of anilines is 1. The number of esters is 2. The maximum Gasteiger partial charge on any atom is 0.328 e. The first kappa shape index (κ1) is 25.8. The number of rotatable bonds is 8. The number of nitrogens with zero attached hydrogens (tertiary/aromatic N) is 2. The number of methoxy groups -OCH3 is 2. The summed E-state index contributed by atoms with van der Waals surface area (Å²) in [6.45, 7) is 2.25. The Morgan fingerprint density at radius 3 is 2.62 bits per heavy atom. The van der Waals surface area contributed by atoms with Gasteiger partial charge in [0.1, 0.15) is 11.9 Å². The number of carbonyl (C=O) groups excluding carboxylic acids is 2. The van der Waals surface area contributed by atoms with Gasteiger partial charge in [-0.25, -0.2) is 9.78 Å². The molecule has 0 aliphatic carbocycles. The van der Waals surface area contributed by atoms with Crippen LogP contribution in [-0.2, 0) is 25.6 Å². The Balaban J connectivity index is 1.41. The molecular weight excluding hydrogens is 500 g/mol. The Morgan fingerprint density at radius 2 is 1.85 bits per heavy atom. The van der Waals surface area contributed by atoms with Gasteiger partial charge in [0.05, 0.1) is 25.1 Å². The number of carbonyl (C=O) groups is 2. The summed E-state index contributed by atoms with van der Waals surface area (Å²) in [6.07, 6.45) is 1.78. The van der Waals surface area contributed by atoms with Gasteiger partial charge >= 0.3 is 11.9 Å². The van der Waals surface area contributed by atoms with Crippen LogP contribution in [0.15, 0.2) is 59.5 Å². The van der Waals surface area contributed by atoms with E-state index in [2.05, 4.69) is 20.0 Å². The minimum absolute atomic E-state index is 0.000378. The summed E-state index contributed by atoms with van der Waals surface area (Å²) in [4.78, 5) is 44.0. The van der Waals surface area contributed by atoms with Crippen LogP contribution in [0.3, 0.4) is 0 Å². The Hall–Kier alpha value is -4.86. The Kier molecular flexibility index (Phi) is 6.93. The Bertz CT molecular complexity index is 1790. The summed E-state index contributed by atoms with van der Waals surface area (Å²) in [6, 6.07) is 14.4. The van der Waals surface area contributed by atoms with E-state index in [0.717, 1.165) is 22.0 Å². The summed E-state index contributed by atoms with van der Waals surface area (Å²) in [7, 11) is 2.54. The van der Waals surface area contributed by atoms with Crippen molar-refractivity contribution in [3.05, 3.63) is 76.5 Å². The average molecular weight is 529 g/mol. The normalized spacial score (nSPS) is 12.1. The van der Waals surface area contributed by atoms with Gasteiger partial charge in [0, 0.05) is 35.6 Å². The van der Waals surface area contributed by atoms with Crippen molar-refractivity contribution in [2.75, 3.05) is 19.5 Å². The van der Waals surface area contributed by atoms with Crippen molar-refractivity contribution in [3.8, 4) is 5.88 Å². The van der Waals surface area contributed by atoms with E-state index < -0.39 is 18.0 Å². The molecule has 0 saturated carbocycles. The number of fused-ring (bicyclic) bond motifs is 4. The van der Waals surface area contributed by atoms with Gasteiger partial charge in [0.2, 0.25) is 0 Å². The number of hydrogen-bond donors (Lipinski definition) is 3. The van der Waals surface area contributed by atoms with Crippen LogP contribution in [0.25, 0.3) is 32.4 Å². The van der Waals surface area contributed by atoms with Crippen molar-refractivity contribution < 1.29 is 24.2 Å². The third kappa shape index (κ3) is 5.00. The molecule has 1 unspecified atom stereocenters. The van der Waals surface area contributed by atoms with Crippen LogP contribution in [0.1, 0.15) is 30.3 Å². The van der Waals surface area contributed by atoms with Crippen molar-refractivity contribution in [2.45, 2.75) is 32.4 Å². The molecule has 1 atom stereocenters. The van der Waals surface area contributed by atoms with E-state index in [0.29, 0.717) is 34.0 Å². The van der Waals surface area contributed by atoms with Crippen LogP contribution >= 0.6 is 0 Å². The molecule has 39 heavy (non-hydrogen) atoms. The maximum atomic E-state index is 12.7. The number of aromatic hydroxyl groups is 1. The number of H-pyrrole nitrogens is 1. The van der Waals surface area contributed by atoms with Crippen molar-refractivity contribution in [2.24, 2.45) is 0 Å². The van der Waals surface area contributed by atoms with Crippen LogP contribution in [0, 0.1) is 6.92 Å².